The van der Waals surface area contributed by atoms with Crippen LogP contribution >= 0.6 is 0 Å². The van der Waals surface area contributed by atoms with E-state index in [9.17, 15) is 4.79 Å². The molecule has 2 rings (SSSR count). The molecule has 0 amide bonds. The summed E-state index contributed by atoms with van der Waals surface area (Å²) in [6.45, 7) is 6.13. The van der Waals surface area contributed by atoms with Gasteiger partial charge in [0.1, 0.15) is 6.04 Å². The van der Waals surface area contributed by atoms with Gasteiger partial charge in [-0.05, 0) is 37.0 Å². The highest BCUT2D eigenvalue weighted by molar-refractivity contribution is 5.83. The van der Waals surface area contributed by atoms with Crippen LogP contribution in [0.4, 0.5) is 5.95 Å². The highest BCUT2D eigenvalue weighted by atomic mass is 16.5. The molecule has 5 nitrogen and oxygen atoms in total. The van der Waals surface area contributed by atoms with Crippen LogP contribution in [0.15, 0.2) is 18.2 Å². The van der Waals surface area contributed by atoms with Crippen molar-refractivity contribution in [3.8, 4) is 0 Å². The first-order valence-electron chi connectivity index (χ1n) is 6.76. The number of nitrogen functional groups attached to an aromatic ring is 1. The standard InChI is InChI=1S/C15H21N3O2/c1-9(2)7-13(14(19)20-4)18-12-8-10(3)5-6-11(12)17-15(18)16/h5-6,8-9,13H,7H2,1-4H3,(H2,16,17). The zero-order chi connectivity index (χ0) is 14.9. The number of rotatable bonds is 4. The van der Waals surface area contributed by atoms with Crippen molar-refractivity contribution in [2.24, 2.45) is 5.92 Å². The van der Waals surface area contributed by atoms with Gasteiger partial charge < -0.3 is 10.5 Å². The Morgan fingerprint density at radius 1 is 1.45 bits per heavy atom. The van der Waals surface area contributed by atoms with Crippen LogP contribution in [0.25, 0.3) is 11.0 Å². The Morgan fingerprint density at radius 3 is 2.75 bits per heavy atom. The summed E-state index contributed by atoms with van der Waals surface area (Å²) in [6, 6.07) is 5.46. The van der Waals surface area contributed by atoms with Gasteiger partial charge in [0.05, 0.1) is 18.1 Å². The zero-order valence-corrected chi connectivity index (χ0v) is 12.4. The van der Waals surface area contributed by atoms with Crippen LogP contribution < -0.4 is 5.73 Å². The summed E-state index contributed by atoms with van der Waals surface area (Å²) in [5.41, 5.74) is 8.79. The minimum absolute atomic E-state index is 0.286. The van der Waals surface area contributed by atoms with Crippen LogP contribution in [0.1, 0.15) is 31.9 Å². The molecule has 5 heteroatoms. The van der Waals surface area contributed by atoms with Crippen LogP contribution in [-0.4, -0.2) is 22.6 Å². The van der Waals surface area contributed by atoms with Crippen molar-refractivity contribution in [2.45, 2.75) is 33.2 Å². The van der Waals surface area contributed by atoms with E-state index in [1.54, 1.807) is 4.57 Å². The highest BCUT2D eigenvalue weighted by Crippen LogP contribution is 2.28. The van der Waals surface area contributed by atoms with Gasteiger partial charge in [0, 0.05) is 0 Å². The van der Waals surface area contributed by atoms with Gasteiger partial charge in [0.2, 0.25) is 5.95 Å². The lowest BCUT2D eigenvalue weighted by Crippen LogP contribution is -2.23. The van der Waals surface area contributed by atoms with Crippen molar-refractivity contribution in [1.82, 2.24) is 9.55 Å². The maximum absolute atomic E-state index is 12.1. The number of nitrogens with two attached hydrogens (primary N) is 1. The average molecular weight is 275 g/mol. The SMILES string of the molecule is COC(=O)C(CC(C)C)n1c(N)nc2ccc(C)cc21. The first kappa shape index (κ1) is 14.4. The monoisotopic (exact) mass is 275 g/mol. The van der Waals surface area contributed by atoms with Crippen LogP contribution in [0.3, 0.4) is 0 Å². The number of fused-ring (bicyclic) bond motifs is 1. The van der Waals surface area contributed by atoms with Crippen LogP contribution in [0.5, 0.6) is 0 Å². The second kappa shape index (κ2) is 5.53. The molecule has 20 heavy (non-hydrogen) atoms. The number of nitrogens with zero attached hydrogens (tertiary/aromatic N) is 2. The lowest BCUT2D eigenvalue weighted by molar-refractivity contribution is -0.145. The minimum Gasteiger partial charge on any atom is -0.467 e. The normalized spacial score (nSPS) is 12.8. The zero-order valence-electron chi connectivity index (χ0n) is 12.4. The number of imidazole rings is 1. The molecule has 0 fully saturated rings. The largest absolute Gasteiger partial charge is 0.467 e. The van der Waals surface area contributed by atoms with Gasteiger partial charge in [-0.15, -0.1) is 0 Å². The molecule has 1 atom stereocenters. The molecule has 1 aromatic heterocycles. The maximum atomic E-state index is 12.1. The fourth-order valence-corrected chi connectivity index (χ4v) is 2.44. The van der Waals surface area contributed by atoms with E-state index in [2.05, 4.69) is 18.8 Å². The number of hydrogen-bond donors (Lipinski definition) is 1. The van der Waals surface area contributed by atoms with Gasteiger partial charge in [0.15, 0.2) is 0 Å². The first-order valence-corrected chi connectivity index (χ1v) is 6.76. The second-order valence-electron chi connectivity index (χ2n) is 5.50. The fourth-order valence-electron chi connectivity index (χ4n) is 2.44. The highest BCUT2D eigenvalue weighted by Gasteiger charge is 2.26. The number of carbonyl (C=O) groups is 1. The molecule has 0 aliphatic carbocycles. The molecule has 0 bridgehead atoms. The smallest absolute Gasteiger partial charge is 0.328 e. The number of benzene rings is 1. The number of aromatic nitrogens is 2. The van der Waals surface area contributed by atoms with E-state index in [-0.39, 0.29) is 5.97 Å². The predicted molar refractivity (Wildman–Crippen MR) is 79.4 cm³/mol. The Balaban J connectivity index is 2.59. The molecule has 0 saturated carbocycles. The molecule has 1 aromatic carbocycles. The molecular weight excluding hydrogens is 254 g/mol. The Labute approximate surface area is 118 Å². The van der Waals surface area contributed by atoms with E-state index < -0.39 is 6.04 Å². The van der Waals surface area contributed by atoms with Crippen LogP contribution in [-0.2, 0) is 9.53 Å². The van der Waals surface area contributed by atoms with Crippen molar-refractivity contribution in [2.75, 3.05) is 12.8 Å². The Kier molecular flexibility index (Phi) is 3.97. The van der Waals surface area contributed by atoms with Crippen LogP contribution in [0, 0.1) is 12.8 Å². The minimum atomic E-state index is -0.438. The fraction of sp³-hybridized carbons (Fsp3) is 0.467. The van der Waals surface area contributed by atoms with Gasteiger partial charge in [-0.1, -0.05) is 19.9 Å². The second-order valence-corrected chi connectivity index (χ2v) is 5.50. The summed E-state index contributed by atoms with van der Waals surface area (Å²) < 4.78 is 6.71. The third-order valence-electron chi connectivity index (χ3n) is 3.35. The molecular formula is C15H21N3O2. The number of aryl methyl sites for hydroxylation is 1. The van der Waals surface area contributed by atoms with E-state index in [4.69, 9.17) is 10.5 Å². The number of methoxy groups -OCH3 is 1. The van der Waals surface area contributed by atoms with E-state index >= 15 is 0 Å². The lowest BCUT2D eigenvalue weighted by Gasteiger charge is -2.20. The molecule has 2 aromatic rings. The van der Waals surface area contributed by atoms with Gasteiger partial charge in [0.25, 0.3) is 0 Å². The van der Waals surface area contributed by atoms with Gasteiger partial charge in [-0.2, -0.15) is 0 Å². The number of ether oxygens (including phenoxy) is 1. The lowest BCUT2D eigenvalue weighted by atomic mass is 10.0. The number of anilines is 1. The van der Waals surface area contributed by atoms with Crippen molar-refractivity contribution in [3.63, 3.8) is 0 Å². The summed E-state index contributed by atoms with van der Waals surface area (Å²) in [7, 11) is 1.40. The molecule has 0 aliphatic rings. The van der Waals surface area contributed by atoms with E-state index in [0.29, 0.717) is 18.3 Å². The third-order valence-corrected chi connectivity index (χ3v) is 3.35. The average Bonchev–Trinajstić information content (AvgIpc) is 2.70. The molecule has 0 saturated heterocycles. The quantitative estimate of drug-likeness (QED) is 0.871. The molecule has 0 aliphatic heterocycles. The Hall–Kier alpha value is -2.04. The molecule has 0 radical (unpaired) electrons. The van der Waals surface area contributed by atoms with E-state index in [1.165, 1.54) is 7.11 Å². The van der Waals surface area contributed by atoms with Crippen molar-refractivity contribution in [3.05, 3.63) is 23.8 Å². The first-order chi connectivity index (χ1) is 9.43. The predicted octanol–water partition coefficient (Wildman–Crippen LogP) is 2.69. The summed E-state index contributed by atoms with van der Waals surface area (Å²) in [6.07, 6.45) is 0.663. The summed E-state index contributed by atoms with van der Waals surface area (Å²) in [5, 5.41) is 0. The number of hydrogen-bond acceptors (Lipinski definition) is 4. The van der Waals surface area contributed by atoms with Crippen molar-refractivity contribution in [1.29, 1.82) is 0 Å². The number of esters is 1. The van der Waals surface area contributed by atoms with Gasteiger partial charge in [-0.3, -0.25) is 4.57 Å². The van der Waals surface area contributed by atoms with Crippen LogP contribution in [0.2, 0.25) is 0 Å². The summed E-state index contributed by atoms with van der Waals surface area (Å²) >= 11 is 0. The van der Waals surface area contributed by atoms with E-state index in [1.807, 2.05) is 25.1 Å². The Bertz CT molecular complexity index is 631. The van der Waals surface area contributed by atoms with Crippen molar-refractivity contribution >= 4 is 23.0 Å². The maximum Gasteiger partial charge on any atom is 0.328 e. The molecule has 1 unspecified atom stereocenters. The molecule has 0 spiro atoms. The third kappa shape index (κ3) is 2.61. The van der Waals surface area contributed by atoms with E-state index in [0.717, 1.165) is 16.6 Å². The summed E-state index contributed by atoms with van der Waals surface area (Å²) in [5.74, 6) is 0.411. The topological polar surface area (TPSA) is 70.1 Å². The molecule has 2 N–H and O–H groups in total. The summed E-state index contributed by atoms with van der Waals surface area (Å²) in [4.78, 5) is 16.4. The molecule has 1 heterocycles. The van der Waals surface area contributed by atoms with Gasteiger partial charge in [-0.25, -0.2) is 9.78 Å². The van der Waals surface area contributed by atoms with Crippen molar-refractivity contribution < 1.29 is 9.53 Å². The van der Waals surface area contributed by atoms with Gasteiger partial charge >= 0.3 is 5.97 Å². The Morgan fingerprint density at radius 2 is 2.15 bits per heavy atom. The molecule has 108 valence electrons. The number of carbonyl (C=O) groups excluding carboxylic acids is 1.